The summed E-state index contributed by atoms with van der Waals surface area (Å²) in [5.74, 6) is 1.18. The lowest BCUT2D eigenvalue weighted by atomic mass is 10.1. The number of carbonyl (C=O) groups excluding carboxylic acids is 1. The van der Waals surface area contributed by atoms with Crippen LogP contribution in [0.2, 0.25) is 0 Å². The summed E-state index contributed by atoms with van der Waals surface area (Å²) in [6.45, 7) is 1.93. The first-order valence-corrected chi connectivity index (χ1v) is 6.98. The van der Waals surface area contributed by atoms with Crippen LogP contribution in [0, 0.1) is 0 Å². The number of ether oxygens (including phenoxy) is 2. The maximum absolute atomic E-state index is 12.1. The summed E-state index contributed by atoms with van der Waals surface area (Å²) in [6.07, 6.45) is 0. The van der Waals surface area contributed by atoms with Crippen LogP contribution in [0.5, 0.6) is 11.5 Å². The van der Waals surface area contributed by atoms with Crippen LogP contribution in [-0.4, -0.2) is 20.3 Å². The van der Waals surface area contributed by atoms with Crippen molar-refractivity contribution in [3.63, 3.8) is 0 Å². The first-order valence-electron chi connectivity index (χ1n) is 6.98. The Morgan fingerprint density at radius 3 is 2.32 bits per heavy atom. The fraction of sp³-hybridized carbons (Fsp3) is 0.235. The summed E-state index contributed by atoms with van der Waals surface area (Å²) < 4.78 is 10.4. The Morgan fingerprint density at radius 2 is 1.68 bits per heavy atom. The zero-order chi connectivity index (χ0) is 15.9. The fourth-order valence-corrected chi connectivity index (χ4v) is 2.10. The van der Waals surface area contributed by atoms with E-state index in [-0.39, 0.29) is 12.1 Å². The molecule has 0 heterocycles. The molecule has 0 spiro atoms. The van der Waals surface area contributed by atoms with Crippen molar-refractivity contribution in [3.8, 4) is 11.5 Å². The molecule has 5 nitrogen and oxygen atoms in total. The van der Waals surface area contributed by atoms with E-state index in [4.69, 9.17) is 9.47 Å². The number of benzene rings is 2. The Morgan fingerprint density at radius 1 is 1.00 bits per heavy atom. The van der Waals surface area contributed by atoms with Gasteiger partial charge in [-0.3, -0.25) is 0 Å². The standard InChI is InChI=1S/C17H20N2O3/c1-12(13-7-5-4-6-8-13)18-17(20)19-14-9-10-15(21-2)16(11-14)22-3/h4-12H,1-3H3,(H2,18,19,20)/t12-/m1/s1. The molecule has 2 amide bonds. The minimum Gasteiger partial charge on any atom is -0.493 e. The molecular formula is C17H20N2O3. The molecule has 0 saturated heterocycles. The van der Waals surface area contributed by atoms with Gasteiger partial charge in [-0.05, 0) is 24.6 Å². The van der Waals surface area contributed by atoms with Gasteiger partial charge in [-0.25, -0.2) is 4.79 Å². The van der Waals surface area contributed by atoms with E-state index in [1.54, 1.807) is 32.4 Å². The highest BCUT2D eigenvalue weighted by atomic mass is 16.5. The van der Waals surface area contributed by atoms with Crippen LogP contribution >= 0.6 is 0 Å². The number of rotatable bonds is 5. The van der Waals surface area contributed by atoms with E-state index in [1.165, 1.54) is 0 Å². The molecule has 0 aliphatic carbocycles. The minimum absolute atomic E-state index is 0.0821. The Balaban J connectivity index is 2.00. The number of anilines is 1. The molecule has 0 aliphatic rings. The molecule has 2 rings (SSSR count). The summed E-state index contributed by atoms with van der Waals surface area (Å²) in [5, 5.41) is 5.67. The van der Waals surface area contributed by atoms with E-state index in [0.717, 1.165) is 5.56 Å². The van der Waals surface area contributed by atoms with Crippen molar-refractivity contribution in [2.45, 2.75) is 13.0 Å². The summed E-state index contributed by atoms with van der Waals surface area (Å²) in [5.41, 5.74) is 1.68. The summed E-state index contributed by atoms with van der Waals surface area (Å²) >= 11 is 0. The van der Waals surface area contributed by atoms with Gasteiger partial charge in [-0.15, -0.1) is 0 Å². The van der Waals surface area contributed by atoms with E-state index in [9.17, 15) is 4.79 Å². The number of carbonyl (C=O) groups is 1. The molecule has 116 valence electrons. The molecule has 2 aromatic rings. The third-order valence-electron chi connectivity index (χ3n) is 3.29. The van der Waals surface area contributed by atoms with Gasteiger partial charge in [-0.1, -0.05) is 30.3 Å². The minimum atomic E-state index is -0.274. The Labute approximate surface area is 130 Å². The zero-order valence-electron chi connectivity index (χ0n) is 12.9. The maximum Gasteiger partial charge on any atom is 0.319 e. The van der Waals surface area contributed by atoms with Crippen LogP contribution in [-0.2, 0) is 0 Å². The van der Waals surface area contributed by atoms with Gasteiger partial charge in [-0.2, -0.15) is 0 Å². The van der Waals surface area contributed by atoms with Crippen LogP contribution < -0.4 is 20.1 Å². The van der Waals surface area contributed by atoms with Crippen LogP contribution in [0.4, 0.5) is 10.5 Å². The van der Waals surface area contributed by atoms with Crippen molar-refractivity contribution in [2.75, 3.05) is 19.5 Å². The van der Waals surface area contributed by atoms with Crippen LogP contribution in [0.15, 0.2) is 48.5 Å². The lowest BCUT2D eigenvalue weighted by molar-refractivity contribution is 0.249. The summed E-state index contributed by atoms with van der Waals surface area (Å²) in [7, 11) is 3.12. The average Bonchev–Trinajstić information content (AvgIpc) is 2.55. The molecule has 0 bridgehead atoms. The highest BCUT2D eigenvalue weighted by molar-refractivity contribution is 5.89. The van der Waals surface area contributed by atoms with Crippen LogP contribution in [0.3, 0.4) is 0 Å². The molecule has 0 radical (unpaired) electrons. The normalized spacial score (nSPS) is 11.4. The SMILES string of the molecule is COc1ccc(NC(=O)N[C@H](C)c2ccccc2)cc1OC. The molecule has 5 heteroatoms. The van der Waals surface area contributed by atoms with Crippen molar-refractivity contribution in [2.24, 2.45) is 0 Å². The largest absolute Gasteiger partial charge is 0.493 e. The molecule has 0 saturated carbocycles. The quantitative estimate of drug-likeness (QED) is 0.887. The summed E-state index contributed by atoms with van der Waals surface area (Å²) in [4.78, 5) is 12.1. The molecule has 0 unspecified atom stereocenters. The average molecular weight is 300 g/mol. The molecule has 2 N–H and O–H groups in total. The number of urea groups is 1. The molecule has 2 aromatic carbocycles. The van der Waals surface area contributed by atoms with E-state index in [1.807, 2.05) is 37.3 Å². The van der Waals surface area contributed by atoms with Gasteiger partial charge >= 0.3 is 6.03 Å². The first kappa shape index (κ1) is 15.7. The zero-order valence-corrected chi connectivity index (χ0v) is 12.9. The Kier molecular flexibility index (Phi) is 5.25. The number of nitrogens with one attached hydrogen (secondary N) is 2. The third kappa shape index (κ3) is 3.91. The predicted molar refractivity (Wildman–Crippen MR) is 86.6 cm³/mol. The highest BCUT2D eigenvalue weighted by Gasteiger charge is 2.10. The predicted octanol–water partition coefficient (Wildman–Crippen LogP) is 3.59. The number of hydrogen-bond donors (Lipinski definition) is 2. The van der Waals surface area contributed by atoms with E-state index in [2.05, 4.69) is 10.6 Å². The highest BCUT2D eigenvalue weighted by Crippen LogP contribution is 2.29. The van der Waals surface area contributed by atoms with Crippen molar-refractivity contribution in [1.29, 1.82) is 0 Å². The molecule has 1 atom stereocenters. The second kappa shape index (κ2) is 7.36. The van der Waals surface area contributed by atoms with Crippen molar-refractivity contribution in [1.82, 2.24) is 5.32 Å². The molecule has 0 fully saturated rings. The van der Waals surface area contributed by atoms with E-state index < -0.39 is 0 Å². The van der Waals surface area contributed by atoms with Gasteiger partial charge in [0.1, 0.15) is 0 Å². The number of methoxy groups -OCH3 is 2. The smallest absolute Gasteiger partial charge is 0.319 e. The lowest BCUT2D eigenvalue weighted by Gasteiger charge is -2.15. The van der Waals surface area contributed by atoms with Gasteiger partial charge in [0.25, 0.3) is 0 Å². The second-order valence-corrected chi connectivity index (χ2v) is 4.80. The van der Waals surface area contributed by atoms with Gasteiger partial charge in [0.05, 0.1) is 20.3 Å². The third-order valence-corrected chi connectivity index (χ3v) is 3.29. The second-order valence-electron chi connectivity index (χ2n) is 4.80. The van der Waals surface area contributed by atoms with Crippen LogP contribution in [0.25, 0.3) is 0 Å². The topological polar surface area (TPSA) is 59.6 Å². The molecule has 0 aliphatic heterocycles. The molecule has 0 aromatic heterocycles. The monoisotopic (exact) mass is 300 g/mol. The molecule has 22 heavy (non-hydrogen) atoms. The van der Waals surface area contributed by atoms with Crippen LogP contribution in [0.1, 0.15) is 18.5 Å². The van der Waals surface area contributed by atoms with Gasteiger partial charge in [0.15, 0.2) is 11.5 Å². The summed E-state index contributed by atoms with van der Waals surface area (Å²) in [6, 6.07) is 14.6. The fourth-order valence-electron chi connectivity index (χ4n) is 2.10. The van der Waals surface area contributed by atoms with Gasteiger partial charge in [0, 0.05) is 11.8 Å². The Bertz CT molecular complexity index is 629. The van der Waals surface area contributed by atoms with E-state index in [0.29, 0.717) is 17.2 Å². The van der Waals surface area contributed by atoms with Crippen molar-refractivity contribution in [3.05, 3.63) is 54.1 Å². The van der Waals surface area contributed by atoms with Crippen molar-refractivity contribution >= 4 is 11.7 Å². The number of hydrogen-bond acceptors (Lipinski definition) is 3. The maximum atomic E-state index is 12.1. The van der Waals surface area contributed by atoms with E-state index >= 15 is 0 Å². The first-order chi connectivity index (χ1) is 10.6. The van der Waals surface area contributed by atoms with Gasteiger partial charge < -0.3 is 20.1 Å². The number of amides is 2. The molecular weight excluding hydrogens is 280 g/mol. The van der Waals surface area contributed by atoms with Gasteiger partial charge in [0.2, 0.25) is 0 Å². The lowest BCUT2D eigenvalue weighted by Crippen LogP contribution is -2.31. The Hall–Kier alpha value is -2.69. The van der Waals surface area contributed by atoms with Crippen molar-refractivity contribution < 1.29 is 14.3 Å².